The molecule has 2 heterocycles. The van der Waals surface area contributed by atoms with Crippen molar-refractivity contribution in [2.24, 2.45) is 0 Å². The Balaban J connectivity index is 1.52. The number of anilines is 1. The summed E-state index contributed by atoms with van der Waals surface area (Å²) in [7, 11) is 0. The highest BCUT2D eigenvalue weighted by Gasteiger charge is 2.30. The van der Waals surface area contributed by atoms with E-state index < -0.39 is 18.0 Å². The summed E-state index contributed by atoms with van der Waals surface area (Å²) in [5.41, 5.74) is 1.68. The molecule has 9 heteroatoms. The lowest BCUT2D eigenvalue weighted by Crippen LogP contribution is -2.41. The summed E-state index contributed by atoms with van der Waals surface area (Å²) < 4.78 is 1.46. The monoisotopic (exact) mass is 417 g/mol. The third-order valence-electron chi connectivity index (χ3n) is 5.18. The number of aromatic nitrogens is 1. The fraction of sp³-hybridized carbons (Fsp3) is 0.182. The average molecular weight is 417 g/mol. The first-order chi connectivity index (χ1) is 15.0. The molecule has 4 rings (SSSR count). The number of hydrogen-bond donors (Lipinski definition) is 4. The van der Waals surface area contributed by atoms with Crippen molar-refractivity contribution in [2.75, 3.05) is 5.32 Å². The molecule has 1 unspecified atom stereocenters. The molecule has 4 amide bonds. The number of piperidine rings is 1. The number of nitrogens with zero attached hydrogens (tertiary/aromatic N) is 2. The molecule has 1 aliphatic heterocycles. The molecule has 2 aromatic carbocycles. The average Bonchev–Trinajstić information content (AvgIpc) is 3.09. The van der Waals surface area contributed by atoms with Gasteiger partial charge < -0.3 is 20.3 Å². The van der Waals surface area contributed by atoms with Gasteiger partial charge in [0, 0.05) is 35.6 Å². The second-order valence-corrected chi connectivity index (χ2v) is 7.21. The molecular formula is C22H19N5O4. The van der Waals surface area contributed by atoms with Gasteiger partial charge in [-0.25, -0.2) is 4.79 Å². The zero-order valence-electron chi connectivity index (χ0n) is 16.4. The van der Waals surface area contributed by atoms with Gasteiger partial charge in [-0.2, -0.15) is 5.26 Å². The van der Waals surface area contributed by atoms with E-state index >= 15 is 0 Å². The molecule has 1 saturated heterocycles. The first-order valence-corrected chi connectivity index (χ1v) is 9.66. The first kappa shape index (κ1) is 20.0. The third kappa shape index (κ3) is 4.04. The molecule has 0 aliphatic carbocycles. The number of imide groups is 1. The van der Waals surface area contributed by atoms with Crippen molar-refractivity contribution in [2.45, 2.75) is 25.4 Å². The Morgan fingerprint density at radius 2 is 2.03 bits per heavy atom. The molecule has 1 aliphatic rings. The Kier molecular flexibility index (Phi) is 5.28. The zero-order valence-corrected chi connectivity index (χ0v) is 16.4. The number of nitrogens with one attached hydrogen (secondary N) is 3. The van der Waals surface area contributed by atoms with Crippen LogP contribution in [-0.4, -0.2) is 27.5 Å². The lowest BCUT2D eigenvalue weighted by Gasteiger charge is -2.22. The van der Waals surface area contributed by atoms with Crippen LogP contribution < -0.4 is 16.0 Å². The van der Waals surface area contributed by atoms with E-state index in [1.807, 2.05) is 12.1 Å². The summed E-state index contributed by atoms with van der Waals surface area (Å²) in [6.07, 6.45) is 2.17. The summed E-state index contributed by atoms with van der Waals surface area (Å²) in [5, 5.41) is 28.6. The van der Waals surface area contributed by atoms with Crippen molar-refractivity contribution in [3.05, 3.63) is 59.8 Å². The molecule has 3 aromatic rings. The maximum absolute atomic E-state index is 12.3. The van der Waals surface area contributed by atoms with E-state index in [9.17, 15) is 19.5 Å². The fourth-order valence-corrected chi connectivity index (χ4v) is 3.66. The molecule has 0 saturated carbocycles. The predicted octanol–water partition coefficient (Wildman–Crippen LogP) is 2.52. The Morgan fingerprint density at radius 3 is 2.81 bits per heavy atom. The lowest BCUT2D eigenvalue weighted by molar-refractivity contribution is -0.135. The van der Waals surface area contributed by atoms with Crippen LogP contribution in [0.4, 0.5) is 10.5 Å². The molecule has 4 N–H and O–H groups in total. The lowest BCUT2D eigenvalue weighted by atomic mass is 10.1. The van der Waals surface area contributed by atoms with Crippen LogP contribution in [0.2, 0.25) is 0 Å². The summed E-state index contributed by atoms with van der Waals surface area (Å²) in [4.78, 5) is 35.9. The molecule has 0 radical (unpaired) electrons. The Hall–Kier alpha value is -4.32. The van der Waals surface area contributed by atoms with Crippen LogP contribution in [0.3, 0.4) is 0 Å². The number of carbonyl (C=O) groups is 3. The highest BCUT2D eigenvalue weighted by Crippen LogP contribution is 2.34. The standard InChI is InChI=1S/C22H19N5O4/c23-10-13-3-1-5-15(9-13)25-22(31)24-11-14-4-2-6-16-17(14)12-27(21(16)30)18-7-8-19(28)26-20(18)29/h1-6,9,12,18,30H,7-8,11H2,(H2,24,25,31)(H,26,28,29). The van der Waals surface area contributed by atoms with Crippen LogP contribution in [0.15, 0.2) is 48.7 Å². The molecule has 156 valence electrons. The molecule has 0 bridgehead atoms. The molecule has 1 atom stereocenters. The van der Waals surface area contributed by atoms with Gasteiger partial charge in [-0.05, 0) is 36.2 Å². The van der Waals surface area contributed by atoms with E-state index in [4.69, 9.17) is 5.26 Å². The number of benzene rings is 2. The molecule has 1 fully saturated rings. The van der Waals surface area contributed by atoms with Gasteiger partial charge in [-0.15, -0.1) is 0 Å². The highest BCUT2D eigenvalue weighted by molar-refractivity contribution is 6.00. The number of hydrogen-bond acceptors (Lipinski definition) is 5. The maximum atomic E-state index is 12.3. The summed E-state index contributed by atoms with van der Waals surface area (Å²) in [6, 6.07) is 12.7. The van der Waals surface area contributed by atoms with E-state index in [2.05, 4.69) is 16.0 Å². The number of carbonyl (C=O) groups excluding carboxylic acids is 3. The number of aromatic hydroxyl groups is 1. The largest absolute Gasteiger partial charge is 0.494 e. The first-order valence-electron chi connectivity index (χ1n) is 9.66. The summed E-state index contributed by atoms with van der Waals surface area (Å²) in [5.74, 6) is -0.844. The minimum Gasteiger partial charge on any atom is -0.494 e. The summed E-state index contributed by atoms with van der Waals surface area (Å²) >= 11 is 0. The molecule has 31 heavy (non-hydrogen) atoms. The van der Waals surface area contributed by atoms with Crippen LogP contribution in [0.5, 0.6) is 5.88 Å². The number of rotatable bonds is 4. The summed E-state index contributed by atoms with van der Waals surface area (Å²) in [6.45, 7) is 0.180. The van der Waals surface area contributed by atoms with Crippen LogP contribution in [-0.2, 0) is 16.1 Å². The van der Waals surface area contributed by atoms with E-state index in [-0.39, 0.29) is 24.8 Å². The number of nitriles is 1. The second-order valence-electron chi connectivity index (χ2n) is 7.21. The van der Waals surface area contributed by atoms with Crippen molar-refractivity contribution >= 4 is 34.3 Å². The van der Waals surface area contributed by atoms with Gasteiger partial charge >= 0.3 is 6.03 Å². The van der Waals surface area contributed by atoms with Crippen LogP contribution >= 0.6 is 0 Å². The van der Waals surface area contributed by atoms with Gasteiger partial charge in [0.15, 0.2) is 5.88 Å². The SMILES string of the molecule is N#Cc1cccc(NC(=O)NCc2cccc3c(O)n(C4CCC(=O)NC4=O)cc23)c1. The third-order valence-corrected chi connectivity index (χ3v) is 5.18. The molecular weight excluding hydrogens is 398 g/mol. The van der Waals surface area contributed by atoms with Crippen molar-refractivity contribution in [1.29, 1.82) is 5.26 Å². The number of amides is 4. The maximum Gasteiger partial charge on any atom is 0.319 e. The number of urea groups is 1. The Morgan fingerprint density at radius 1 is 1.23 bits per heavy atom. The topological polar surface area (TPSA) is 136 Å². The van der Waals surface area contributed by atoms with E-state index in [0.29, 0.717) is 28.4 Å². The van der Waals surface area contributed by atoms with Crippen LogP contribution in [0.1, 0.15) is 30.0 Å². The predicted molar refractivity (Wildman–Crippen MR) is 112 cm³/mol. The molecule has 0 spiro atoms. The second kappa shape index (κ2) is 8.20. The fourth-order valence-electron chi connectivity index (χ4n) is 3.66. The quantitative estimate of drug-likeness (QED) is 0.484. The van der Waals surface area contributed by atoms with Gasteiger partial charge in [-0.1, -0.05) is 18.2 Å². The van der Waals surface area contributed by atoms with Crippen molar-refractivity contribution < 1.29 is 19.5 Å². The molecule has 1 aromatic heterocycles. The Labute approximate surface area is 177 Å². The number of fused-ring (bicyclic) bond motifs is 1. The minimum absolute atomic E-state index is 0.0656. The molecule has 9 nitrogen and oxygen atoms in total. The van der Waals surface area contributed by atoms with Crippen molar-refractivity contribution in [3.63, 3.8) is 0 Å². The highest BCUT2D eigenvalue weighted by atomic mass is 16.3. The van der Waals surface area contributed by atoms with E-state index in [1.54, 1.807) is 42.6 Å². The van der Waals surface area contributed by atoms with Crippen molar-refractivity contribution in [3.8, 4) is 11.9 Å². The van der Waals surface area contributed by atoms with E-state index in [1.165, 1.54) is 4.57 Å². The van der Waals surface area contributed by atoms with Gasteiger partial charge in [0.25, 0.3) is 0 Å². The van der Waals surface area contributed by atoms with Crippen molar-refractivity contribution in [1.82, 2.24) is 15.2 Å². The normalized spacial score (nSPS) is 15.9. The zero-order chi connectivity index (χ0) is 22.0. The van der Waals surface area contributed by atoms with Crippen LogP contribution in [0.25, 0.3) is 10.8 Å². The van der Waals surface area contributed by atoms with E-state index in [0.717, 1.165) is 5.56 Å². The van der Waals surface area contributed by atoms with Gasteiger partial charge in [0.1, 0.15) is 6.04 Å². The smallest absolute Gasteiger partial charge is 0.319 e. The van der Waals surface area contributed by atoms with Gasteiger partial charge in [-0.3, -0.25) is 14.9 Å². The Bertz CT molecular complexity index is 1240. The van der Waals surface area contributed by atoms with Gasteiger partial charge in [0.2, 0.25) is 11.8 Å². The van der Waals surface area contributed by atoms with Gasteiger partial charge in [0.05, 0.1) is 11.6 Å². The van der Waals surface area contributed by atoms with Crippen LogP contribution in [0, 0.1) is 11.3 Å². The minimum atomic E-state index is -0.679.